The summed E-state index contributed by atoms with van der Waals surface area (Å²) in [6.45, 7) is -0.460. The third kappa shape index (κ3) is 3.51. The molecule has 2 aromatic carbocycles. The smallest absolute Gasteiger partial charge is 0.322 e. The van der Waals surface area contributed by atoms with E-state index in [1.807, 2.05) is 0 Å². The number of amides is 1. The number of nitrogens with one attached hydrogen (secondary N) is 2. The summed E-state index contributed by atoms with van der Waals surface area (Å²) in [4.78, 5) is 46.1. The molecule has 0 spiro atoms. The minimum absolute atomic E-state index is 0.307. The van der Waals surface area contributed by atoms with Gasteiger partial charge in [0.1, 0.15) is 6.54 Å². The van der Waals surface area contributed by atoms with Crippen LogP contribution in [0.25, 0.3) is 5.70 Å². The molecule has 3 rings (SSSR count). The van der Waals surface area contributed by atoms with E-state index in [-0.39, 0.29) is 0 Å². The SMILES string of the molecule is O=C(O)CNC(=O)c1ccc(NC2=CC(=O)C(=O)c3ccccc32)cc1. The molecule has 0 unspecified atom stereocenters. The van der Waals surface area contributed by atoms with Crippen LogP contribution in [0.15, 0.2) is 54.6 Å². The lowest BCUT2D eigenvalue weighted by Crippen LogP contribution is -2.29. The Kier molecular flexibility index (Phi) is 4.62. The van der Waals surface area contributed by atoms with Gasteiger partial charge in [0.15, 0.2) is 0 Å². The van der Waals surface area contributed by atoms with Gasteiger partial charge >= 0.3 is 5.97 Å². The quantitative estimate of drug-likeness (QED) is 0.708. The largest absolute Gasteiger partial charge is 0.480 e. The number of fused-ring (bicyclic) bond motifs is 1. The molecule has 3 N–H and O–H groups in total. The standard InChI is InChI=1S/C19H14N2O5/c22-16-9-15(13-3-1-2-4-14(13)18(16)25)21-12-7-5-11(6-8-12)19(26)20-10-17(23)24/h1-9,21H,10H2,(H,20,26)(H,23,24). The maximum absolute atomic E-state index is 11.9. The van der Waals surface area contributed by atoms with E-state index in [9.17, 15) is 19.2 Å². The van der Waals surface area contributed by atoms with E-state index in [2.05, 4.69) is 10.6 Å². The first-order chi connectivity index (χ1) is 12.5. The number of rotatable bonds is 5. The highest BCUT2D eigenvalue weighted by Crippen LogP contribution is 2.26. The minimum Gasteiger partial charge on any atom is -0.480 e. The van der Waals surface area contributed by atoms with Crippen LogP contribution in [0.5, 0.6) is 0 Å². The van der Waals surface area contributed by atoms with Crippen LogP contribution >= 0.6 is 0 Å². The van der Waals surface area contributed by atoms with E-state index < -0.39 is 30.0 Å². The number of ketones is 2. The van der Waals surface area contributed by atoms with E-state index >= 15 is 0 Å². The Labute approximate surface area is 148 Å². The monoisotopic (exact) mass is 350 g/mol. The first-order valence-corrected chi connectivity index (χ1v) is 7.72. The molecule has 0 heterocycles. The Morgan fingerprint density at radius 1 is 0.923 bits per heavy atom. The van der Waals surface area contributed by atoms with Crippen molar-refractivity contribution in [3.05, 3.63) is 71.3 Å². The van der Waals surface area contributed by atoms with Crippen molar-refractivity contribution in [2.24, 2.45) is 0 Å². The summed E-state index contributed by atoms with van der Waals surface area (Å²) in [5.41, 5.74) is 2.38. The van der Waals surface area contributed by atoms with Gasteiger partial charge in [0.05, 0.1) is 5.70 Å². The molecule has 7 nitrogen and oxygen atoms in total. The number of Topliss-reactive ketones (excluding diaryl/α,β-unsaturated/α-hetero) is 1. The zero-order valence-electron chi connectivity index (χ0n) is 13.5. The van der Waals surface area contributed by atoms with Crippen molar-refractivity contribution in [1.29, 1.82) is 0 Å². The molecule has 0 bridgehead atoms. The molecule has 0 radical (unpaired) electrons. The van der Waals surface area contributed by atoms with Crippen LogP contribution in [-0.4, -0.2) is 35.1 Å². The summed E-state index contributed by atoms with van der Waals surface area (Å²) >= 11 is 0. The van der Waals surface area contributed by atoms with Gasteiger partial charge in [-0.25, -0.2) is 0 Å². The number of carboxylic acid groups (broad SMARTS) is 1. The van der Waals surface area contributed by atoms with Crippen molar-refractivity contribution in [2.75, 3.05) is 11.9 Å². The van der Waals surface area contributed by atoms with E-state index in [1.54, 1.807) is 36.4 Å². The maximum atomic E-state index is 11.9. The fourth-order valence-corrected chi connectivity index (χ4v) is 2.54. The normalized spacial score (nSPS) is 12.8. The molecule has 7 heteroatoms. The summed E-state index contributed by atoms with van der Waals surface area (Å²) in [5, 5.41) is 13.9. The molecule has 1 aliphatic rings. The number of hydrogen-bond donors (Lipinski definition) is 3. The number of carboxylic acids is 1. The van der Waals surface area contributed by atoms with E-state index in [4.69, 9.17) is 5.11 Å². The van der Waals surface area contributed by atoms with Gasteiger partial charge in [-0.1, -0.05) is 24.3 Å². The first kappa shape index (κ1) is 17.1. The Morgan fingerprint density at radius 2 is 1.58 bits per heavy atom. The van der Waals surface area contributed by atoms with Crippen LogP contribution < -0.4 is 10.6 Å². The molecule has 26 heavy (non-hydrogen) atoms. The average Bonchev–Trinajstić information content (AvgIpc) is 2.64. The molecule has 0 atom stereocenters. The van der Waals surface area contributed by atoms with Crippen molar-refractivity contribution < 1.29 is 24.3 Å². The van der Waals surface area contributed by atoms with Crippen molar-refractivity contribution in [2.45, 2.75) is 0 Å². The molecule has 130 valence electrons. The van der Waals surface area contributed by atoms with Crippen molar-refractivity contribution in [3.8, 4) is 0 Å². The van der Waals surface area contributed by atoms with Crippen LogP contribution in [0.4, 0.5) is 5.69 Å². The third-order valence-electron chi connectivity index (χ3n) is 3.79. The zero-order chi connectivity index (χ0) is 18.7. The van der Waals surface area contributed by atoms with Crippen molar-refractivity contribution in [1.82, 2.24) is 5.32 Å². The molecule has 2 aromatic rings. The Morgan fingerprint density at radius 3 is 2.23 bits per heavy atom. The molecular formula is C19H14N2O5. The second kappa shape index (κ2) is 7.02. The maximum Gasteiger partial charge on any atom is 0.322 e. The van der Waals surface area contributed by atoms with Gasteiger partial charge in [0.2, 0.25) is 11.6 Å². The Hall–Kier alpha value is -3.74. The minimum atomic E-state index is -1.13. The summed E-state index contributed by atoms with van der Waals surface area (Å²) in [7, 11) is 0. The lowest BCUT2D eigenvalue weighted by Gasteiger charge is -2.18. The highest BCUT2D eigenvalue weighted by molar-refractivity contribution is 6.50. The van der Waals surface area contributed by atoms with Gasteiger partial charge in [0.25, 0.3) is 5.91 Å². The predicted octanol–water partition coefficient (Wildman–Crippen LogP) is 1.72. The second-order valence-electron chi connectivity index (χ2n) is 5.58. The van der Waals surface area contributed by atoms with Gasteiger partial charge in [-0.15, -0.1) is 0 Å². The van der Waals surface area contributed by atoms with Crippen molar-refractivity contribution in [3.63, 3.8) is 0 Å². The number of carbonyl (C=O) groups excluding carboxylic acids is 3. The summed E-state index contributed by atoms with van der Waals surface area (Å²) in [5.74, 6) is -2.77. The van der Waals surface area contributed by atoms with Gasteiger partial charge in [-0.3, -0.25) is 19.2 Å². The van der Waals surface area contributed by atoms with Gasteiger partial charge in [-0.05, 0) is 24.3 Å². The number of carbonyl (C=O) groups is 4. The van der Waals surface area contributed by atoms with Gasteiger partial charge in [-0.2, -0.15) is 0 Å². The molecule has 1 aliphatic carbocycles. The lowest BCUT2D eigenvalue weighted by molar-refractivity contribution is -0.135. The molecule has 0 saturated carbocycles. The second-order valence-corrected chi connectivity index (χ2v) is 5.58. The Balaban J connectivity index is 1.78. The average molecular weight is 350 g/mol. The van der Waals surface area contributed by atoms with Crippen LogP contribution in [-0.2, 0) is 9.59 Å². The van der Waals surface area contributed by atoms with Gasteiger partial charge in [0, 0.05) is 28.5 Å². The van der Waals surface area contributed by atoms with E-state index in [0.717, 1.165) is 0 Å². The molecule has 0 fully saturated rings. The lowest BCUT2D eigenvalue weighted by atomic mass is 9.92. The molecule has 0 aliphatic heterocycles. The molecular weight excluding hydrogens is 336 g/mol. The summed E-state index contributed by atoms with van der Waals surface area (Å²) in [6, 6.07) is 13.1. The number of hydrogen-bond acceptors (Lipinski definition) is 5. The number of anilines is 1. The third-order valence-corrected chi connectivity index (χ3v) is 3.79. The molecule has 0 saturated heterocycles. The van der Waals surface area contributed by atoms with Crippen LogP contribution in [0.3, 0.4) is 0 Å². The summed E-state index contributed by atoms with van der Waals surface area (Å²) in [6.07, 6.45) is 1.25. The predicted molar refractivity (Wildman–Crippen MR) is 93.8 cm³/mol. The van der Waals surface area contributed by atoms with Crippen LogP contribution in [0.1, 0.15) is 26.3 Å². The molecule has 0 aromatic heterocycles. The van der Waals surface area contributed by atoms with Crippen LogP contribution in [0.2, 0.25) is 0 Å². The Bertz CT molecular complexity index is 945. The molecule has 1 amide bonds. The fraction of sp³-hybridized carbons (Fsp3) is 0.0526. The highest BCUT2D eigenvalue weighted by Gasteiger charge is 2.25. The number of aliphatic carboxylic acids is 1. The first-order valence-electron chi connectivity index (χ1n) is 7.72. The highest BCUT2D eigenvalue weighted by atomic mass is 16.4. The number of allylic oxidation sites excluding steroid dienone is 1. The van der Waals surface area contributed by atoms with Gasteiger partial charge < -0.3 is 15.7 Å². The van der Waals surface area contributed by atoms with Crippen molar-refractivity contribution >= 4 is 34.8 Å². The number of benzene rings is 2. The fourth-order valence-electron chi connectivity index (χ4n) is 2.54. The van der Waals surface area contributed by atoms with Crippen LogP contribution in [0, 0.1) is 0 Å². The zero-order valence-corrected chi connectivity index (χ0v) is 13.5. The van der Waals surface area contributed by atoms with E-state index in [0.29, 0.717) is 28.1 Å². The van der Waals surface area contributed by atoms with E-state index in [1.165, 1.54) is 18.2 Å². The topological polar surface area (TPSA) is 113 Å². The summed E-state index contributed by atoms with van der Waals surface area (Å²) < 4.78 is 0.